The van der Waals surface area contributed by atoms with E-state index >= 15 is 0 Å². The first-order valence-corrected chi connectivity index (χ1v) is 12.1. The second-order valence-electron chi connectivity index (χ2n) is 11.1. The molecule has 31 heavy (non-hydrogen) atoms. The van der Waals surface area contributed by atoms with E-state index in [-0.39, 0.29) is 0 Å². The Kier molecular flexibility index (Phi) is 9.03. The monoisotopic (exact) mass is 424 g/mol. The zero-order valence-electron chi connectivity index (χ0n) is 21.0. The second-order valence-corrected chi connectivity index (χ2v) is 11.1. The molecule has 0 unspecified atom stereocenters. The maximum absolute atomic E-state index is 10.7. The van der Waals surface area contributed by atoms with Gasteiger partial charge in [-0.15, -0.1) is 0 Å². The summed E-state index contributed by atoms with van der Waals surface area (Å²) in [6.45, 7) is 17.7. The predicted octanol–water partition coefficient (Wildman–Crippen LogP) is 7.48. The molecule has 0 aliphatic carbocycles. The van der Waals surface area contributed by atoms with Crippen LogP contribution in [0.5, 0.6) is 11.5 Å². The summed E-state index contributed by atoms with van der Waals surface area (Å²) >= 11 is 0. The fourth-order valence-corrected chi connectivity index (χ4v) is 4.46. The van der Waals surface area contributed by atoms with E-state index in [0.717, 1.165) is 43.2 Å². The largest absolute Gasteiger partial charge is 0.508 e. The quantitative estimate of drug-likeness (QED) is 0.415. The van der Waals surface area contributed by atoms with E-state index < -0.39 is 0 Å². The highest BCUT2D eigenvalue weighted by Crippen LogP contribution is 2.32. The summed E-state index contributed by atoms with van der Waals surface area (Å²) in [6.07, 6.45) is 4.53. The summed E-state index contributed by atoms with van der Waals surface area (Å²) in [4.78, 5) is 0. The standard InChI is InChI=1S/C29H44O2/c1-18(2)9-22-16-28(30)26(11-20(5)6)14-24(22)13-25-15-27(12-21(7)8)29(31)17-23(25)10-19(3)4/h14-21,30-31H,9-13H2,1-8H3. The predicted molar refractivity (Wildman–Crippen MR) is 133 cm³/mol. The topological polar surface area (TPSA) is 40.5 Å². The fraction of sp³-hybridized carbons (Fsp3) is 0.586. The average molecular weight is 425 g/mol. The van der Waals surface area contributed by atoms with Gasteiger partial charge in [-0.2, -0.15) is 0 Å². The average Bonchev–Trinajstić information content (AvgIpc) is 2.60. The zero-order valence-corrected chi connectivity index (χ0v) is 21.0. The van der Waals surface area contributed by atoms with Gasteiger partial charge in [-0.1, -0.05) is 67.5 Å². The number of phenolic OH excluding ortho intramolecular Hbond substituents is 2. The highest BCUT2D eigenvalue weighted by atomic mass is 16.3. The summed E-state index contributed by atoms with van der Waals surface area (Å²) in [7, 11) is 0. The highest BCUT2D eigenvalue weighted by molar-refractivity contribution is 5.48. The Morgan fingerprint density at radius 3 is 1.03 bits per heavy atom. The Balaban J connectivity index is 2.57. The maximum atomic E-state index is 10.7. The smallest absolute Gasteiger partial charge is 0.119 e. The van der Waals surface area contributed by atoms with E-state index in [4.69, 9.17) is 0 Å². The molecule has 0 fully saturated rings. The van der Waals surface area contributed by atoms with Crippen molar-refractivity contribution in [1.29, 1.82) is 0 Å². The van der Waals surface area contributed by atoms with Crippen LogP contribution in [0.15, 0.2) is 24.3 Å². The normalized spacial score (nSPS) is 12.0. The molecule has 2 aromatic carbocycles. The lowest BCUT2D eigenvalue weighted by Crippen LogP contribution is -2.07. The fourth-order valence-electron chi connectivity index (χ4n) is 4.46. The molecule has 0 saturated heterocycles. The third-order valence-electron chi connectivity index (χ3n) is 5.70. The Hall–Kier alpha value is -1.96. The minimum Gasteiger partial charge on any atom is -0.508 e. The Labute approximate surface area is 190 Å². The van der Waals surface area contributed by atoms with Crippen molar-refractivity contribution < 1.29 is 10.2 Å². The van der Waals surface area contributed by atoms with Gasteiger partial charge in [0.25, 0.3) is 0 Å². The number of aromatic hydroxyl groups is 2. The molecule has 0 bridgehead atoms. The molecule has 2 rings (SSSR count). The third-order valence-corrected chi connectivity index (χ3v) is 5.70. The van der Waals surface area contributed by atoms with Crippen LogP contribution in [0, 0.1) is 23.7 Å². The molecule has 0 amide bonds. The van der Waals surface area contributed by atoms with Crippen molar-refractivity contribution in [1.82, 2.24) is 0 Å². The molecule has 0 aromatic heterocycles. The molecule has 0 radical (unpaired) electrons. The Morgan fingerprint density at radius 2 is 0.742 bits per heavy atom. The third kappa shape index (κ3) is 7.59. The van der Waals surface area contributed by atoms with Crippen molar-refractivity contribution in [3.05, 3.63) is 57.6 Å². The second kappa shape index (κ2) is 11.1. The summed E-state index contributed by atoms with van der Waals surface area (Å²) in [5.74, 6) is 2.92. The lowest BCUT2D eigenvalue weighted by atomic mass is 9.86. The van der Waals surface area contributed by atoms with Crippen molar-refractivity contribution in [2.75, 3.05) is 0 Å². The molecule has 2 heteroatoms. The zero-order chi connectivity index (χ0) is 23.3. The van der Waals surface area contributed by atoms with E-state index in [1.165, 1.54) is 22.3 Å². The molecule has 172 valence electrons. The van der Waals surface area contributed by atoms with Crippen LogP contribution in [0.3, 0.4) is 0 Å². The van der Waals surface area contributed by atoms with E-state index in [2.05, 4.69) is 67.5 Å². The molecular weight excluding hydrogens is 380 g/mol. The number of hydrogen-bond donors (Lipinski definition) is 2. The van der Waals surface area contributed by atoms with Gasteiger partial charge in [-0.05, 0) is 101 Å². The van der Waals surface area contributed by atoms with Gasteiger partial charge in [0.2, 0.25) is 0 Å². The van der Waals surface area contributed by atoms with Gasteiger partial charge < -0.3 is 10.2 Å². The molecular formula is C29H44O2. The molecule has 0 spiro atoms. The summed E-state index contributed by atoms with van der Waals surface area (Å²) in [6, 6.07) is 8.48. The van der Waals surface area contributed by atoms with Crippen LogP contribution < -0.4 is 0 Å². The van der Waals surface area contributed by atoms with E-state index in [1.54, 1.807) is 0 Å². The van der Waals surface area contributed by atoms with Crippen molar-refractivity contribution in [3.8, 4) is 11.5 Å². The first-order chi connectivity index (χ1) is 14.5. The van der Waals surface area contributed by atoms with E-state index in [0.29, 0.717) is 35.2 Å². The van der Waals surface area contributed by atoms with Gasteiger partial charge in [0.05, 0.1) is 0 Å². The number of phenols is 2. The number of hydrogen-bond acceptors (Lipinski definition) is 2. The number of rotatable bonds is 10. The summed E-state index contributed by atoms with van der Waals surface area (Å²) in [5.41, 5.74) is 7.21. The SMILES string of the molecule is CC(C)Cc1cc(Cc2cc(CC(C)C)c(O)cc2CC(C)C)c(CC(C)C)cc1O. The van der Waals surface area contributed by atoms with E-state index in [1.807, 2.05) is 12.1 Å². The molecule has 2 N–H and O–H groups in total. The first-order valence-electron chi connectivity index (χ1n) is 12.1. The minimum atomic E-state index is 0.432. The lowest BCUT2D eigenvalue weighted by molar-refractivity contribution is 0.460. The van der Waals surface area contributed by atoms with Crippen molar-refractivity contribution in [2.24, 2.45) is 23.7 Å². The van der Waals surface area contributed by atoms with Gasteiger partial charge in [-0.3, -0.25) is 0 Å². The van der Waals surface area contributed by atoms with E-state index in [9.17, 15) is 10.2 Å². The highest BCUT2D eigenvalue weighted by Gasteiger charge is 2.17. The van der Waals surface area contributed by atoms with Crippen LogP contribution in [0.4, 0.5) is 0 Å². The van der Waals surface area contributed by atoms with Crippen molar-refractivity contribution in [2.45, 2.75) is 87.5 Å². The van der Waals surface area contributed by atoms with Gasteiger partial charge >= 0.3 is 0 Å². The van der Waals surface area contributed by atoms with Crippen LogP contribution in [-0.4, -0.2) is 10.2 Å². The van der Waals surface area contributed by atoms with Crippen molar-refractivity contribution >= 4 is 0 Å². The molecule has 0 heterocycles. The van der Waals surface area contributed by atoms with Crippen LogP contribution in [0.1, 0.15) is 88.8 Å². The van der Waals surface area contributed by atoms with Gasteiger partial charge in [0.15, 0.2) is 0 Å². The first kappa shape index (κ1) is 25.3. The summed E-state index contributed by atoms with van der Waals surface area (Å²) in [5, 5.41) is 21.3. The molecule has 2 nitrogen and oxygen atoms in total. The van der Waals surface area contributed by atoms with Crippen molar-refractivity contribution in [3.63, 3.8) is 0 Å². The molecule has 0 atom stereocenters. The van der Waals surface area contributed by atoms with Gasteiger partial charge in [-0.25, -0.2) is 0 Å². The molecule has 0 aliphatic rings. The van der Waals surface area contributed by atoms with Crippen LogP contribution in [-0.2, 0) is 32.1 Å². The van der Waals surface area contributed by atoms with Crippen LogP contribution in [0.25, 0.3) is 0 Å². The lowest BCUT2D eigenvalue weighted by Gasteiger charge is -2.20. The molecule has 2 aromatic rings. The Morgan fingerprint density at radius 1 is 0.452 bits per heavy atom. The molecule has 0 saturated carbocycles. The van der Waals surface area contributed by atoms with Crippen LogP contribution in [0.2, 0.25) is 0 Å². The maximum Gasteiger partial charge on any atom is 0.119 e. The Bertz CT molecular complexity index is 788. The van der Waals surface area contributed by atoms with Gasteiger partial charge in [0.1, 0.15) is 11.5 Å². The van der Waals surface area contributed by atoms with Crippen LogP contribution >= 0.6 is 0 Å². The minimum absolute atomic E-state index is 0.432. The number of benzene rings is 2. The summed E-state index contributed by atoms with van der Waals surface area (Å²) < 4.78 is 0. The molecule has 0 aliphatic heterocycles. The van der Waals surface area contributed by atoms with Gasteiger partial charge in [0, 0.05) is 0 Å².